The van der Waals surface area contributed by atoms with Gasteiger partial charge in [-0.2, -0.15) is 0 Å². The number of hydrogen-bond donors (Lipinski definition) is 0. The van der Waals surface area contributed by atoms with Crippen molar-refractivity contribution in [2.24, 2.45) is 5.92 Å². The first-order valence-corrected chi connectivity index (χ1v) is 21.5. The molecule has 0 aromatic rings. The molecule has 0 aromatic carbocycles. The first kappa shape index (κ1) is 45.9. The molecule has 3 saturated heterocycles. The summed E-state index contributed by atoms with van der Waals surface area (Å²) >= 11 is 0. The zero-order valence-corrected chi connectivity index (χ0v) is 34.2. The molecule has 3 aliphatic heterocycles. The van der Waals surface area contributed by atoms with Crippen LogP contribution in [0.4, 0.5) is 0 Å². The molecule has 9 atom stereocenters. The zero-order valence-electron chi connectivity index (χ0n) is 34.2. The van der Waals surface area contributed by atoms with E-state index in [1.807, 2.05) is 0 Å². The standard InChI is InChI=1S/C43H72O11/c1-6-7-8-9-10-11-12-13-14-18-21-37(49-31(3)45)41-26-27-42(54-41)39(51-33(5)47)25-24-38(50-32(4)46)40-23-22-35(52-40)19-16-15-17-20-36-29-34(28-30(2)44)43(48)53-36/h34-42H,6-29H2,1-5H3/t34?,35-,36-,37-,38+,39-,40+,41-,42-/m1/s1. The van der Waals surface area contributed by atoms with Crippen LogP contribution in [0.1, 0.15) is 189 Å². The molecule has 3 rings (SSSR count). The molecule has 11 nitrogen and oxygen atoms in total. The first-order valence-electron chi connectivity index (χ1n) is 21.5. The van der Waals surface area contributed by atoms with Gasteiger partial charge < -0.3 is 33.2 Å². The summed E-state index contributed by atoms with van der Waals surface area (Å²) in [5.41, 5.74) is 0. The van der Waals surface area contributed by atoms with E-state index in [4.69, 9.17) is 28.4 Å². The highest BCUT2D eigenvalue weighted by Gasteiger charge is 2.40. The predicted molar refractivity (Wildman–Crippen MR) is 205 cm³/mol. The van der Waals surface area contributed by atoms with Crippen LogP contribution in [0.5, 0.6) is 0 Å². The second kappa shape index (κ2) is 25.6. The molecule has 54 heavy (non-hydrogen) atoms. The van der Waals surface area contributed by atoms with Crippen LogP contribution in [0, 0.1) is 5.92 Å². The Bertz CT molecular complexity index is 1140. The van der Waals surface area contributed by atoms with Crippen LogP contribution in [-0.4, -0.2) is 78.5 Å². The number of esters is 4. The maximum atomic E-state index is 12.2. The van der Waals surface area contributed by atoms with Crippen molar-refractivity contribution in [1.82, 2.24) is 0 Å². The van der Waals surface area contributed by atoms with Gasteiger partial charge in [0.05, 0.1) is 30.3 Å². The summed E-state index contributed by atoms with van der Waals surface area (Å²) < 4.78 is 35.7. The molecule has 0 N–H and O–H groups in total. The third kappa shape index (κ3) is 17.9. The molecular weight excluding hydrogens is 692 g/mol. The zero-order chi connectivity index (χ0) is 39.3. The first-order chi connectivity index (χ1) is 25.9. The third-order valence-corrected chi connectivity index (χ3v) is 11.2. The van der Waals surface area contributed by atoms with E-state index >= 15 is 0 Å². The molecule has 1 unspecified atom stereocenters. The topological polar surface area (TPSA) is 141 Å². The molecule has 310 valence electrons. The minimum Gasteiger partial charge on any atom is -0.462 e. The van der Waals surface area contributed by atoms with Crippen molar-refractivity contribution in [3.63, 3.8) is 0 Å². The van der Waals surface area contributed by atoms with Gasteiger partial charge in [0.2, 0.25) is 0 Å². The number of unbranched alkanes of at least 4 members (excludes halogenated alkanes) is 11. The van der Waals surface area contributed by atoms with Crippen LogP contribution in [0.25, 0.3) is 0 Å². The van der Waals surface area contributed by atoms with E-state index in [0.29, 0.717) is 32.1 Å². The SMILES string of the molecule is CCCCCCCCCCCC[C@@H](OC(C)=O)[C@H]1CC[C@H]([C@@H](CC[C@H](OC(C)=O)[C@@H]2CC[C@@H](CCCCC[C@@H]3CC(CC(C)=O)C(=O)O3)O2)OC(C)=O)O1. The lowest BCUT2D eigenvalue weighted by Gasteiger charge is -2.29. The van der Waals surface area contributed by atoms with Gasteiger partial charge in [0.15, 0.2) is 0 Å². The highest BCUT2D eigenvalue weighted by molar-refractivity contribution is 5.83. The molecule has 0 aliphatic carbocycles. The number of rotatable bonds is 28. The van der Waals surface area contributed by atoms with Gasteiger partial charge in [-0.1, -0.05) is 77.6 Å². The molecule has 3 heterocycles. The summed E-state index contributed by atoms with van der Waals surface area (Å²) in [6.07, 6.45) is 20.4. The minimum absolute atomic E-state index is 0.0181. The number of carbonyl (C=O) groups excluding carboxylic acids is 5. The van der Waals surface area contributed by atoms with Crippen LogP contribution < -0.4 is 0 Å². The molecule has 0 spiro atoms. The fourth-order valence-corrected chi connectivity index (χ4v) is 8.55. The second-order valence-corrected chi connectivity index (χ2v) is 16.2. The highest BCUT2D eigenvalue weighted by Crippen LogP contribution is 2.34. The number of Topliss-reactive ketones (excluding diaryl/α,β-unsaturated/α-hetero) is 1. The fourth-order valence-electron chi connectivity index (χ4n) is 8.55. The molecule has 3 fully saturated rings. The Morgan fingerprint density at radius 3 is 1.54 bits per heavy atom. The number of hydrogen-bond acceptors (Lipinski definition) is 11. The molecule has 0 amide bonds. The maximum absolute atomic E-state index is 12.2. The Balaban J connectivity index is 1.42. The van der Waals surface area contributed by atoms with Gasteiger partial charge >= 0.3 is 23.9 Å². The van der Waals surface area contributed by atoms with Crippen molar-refractivity contribution in [3.05, 3.63) is 0 Å². The van der Waals surface area contributed by atoms with Gasteiger partial charge in [-0.05, 0) is 84.0 Å². The van der Waals surface area contributed by atoms with E-state index in [0.717, 1.165) is 64.2 Å². The Morgan fingerprint density at radius 1 is 0.574 bits per heavy atom. The summed E-state index contributed by atoms with van der Waals surface area (Å²) in [6, 6.07) is 0. The molecule has 0 bridgehead atoms. The van der Waals surface area contributed by atoms with E-state index in [-0.39, 0.29) is 72.7 Å². The van der Waals surface area contributed by atoms with Crippen molar-refractivity contribution in [1.29, 1.82) is 0 Å². The monoisotopic (exact) mass is 765 g/mol. The number of ether oxygens (including phenoxy) is 6. The maximum Gasteiger partial charge on any atom is 0.309 e. The van der Waals surface area contributed by atoms with E-state index in [1.165, 1.54) is 79.1 Å². The normalized spacial score (nSPS) is 25.5. The number of cyclic esters (lactones) is 1. The quantitative estimate of drug-likeness (QED) is 0.0429. The van der Waals surface area contributed by atoms with Crippen LogP contribution in [-0.2, 0) is 52.4 Å². The van der Waals surface area contributed by atoms with Crippen LogP contribution in [0.3, 0.4) is 0 Å². The summed E-state index contributed by atoms with van der Waals surface area (Å²) in [5.74, 6) is -1.60. The number of carbonyl (C=O) groups is 5. The summed E-state index contributed by atoms with van der Waals surface area (Å²) in [4.78, 5) is 59.8. The summed E-state index contributed by atoms with van der Waals surface area (Å²) in [7, 11) is 0. The smallest absolute Gasteiger partial charge is 0.309 e. The summed E-state index contributed by atoms with van der Waals surface area (Å²) in [5, 5.41) is 0. The van der Waals surface area contributed by atoms with Gasteiger partial charge in [0.1, 0.15) is 30.2 Å². The Hall–Kier alpha value is -2.53. The van der Waals surface area contributed by atoms with Crippen molar-refractivity contribution in [2.75, 3.05) is 0 Å². The van der Waals surface area contributed by atoms with Crippen LogP contribution in [0.2, 0.25) is 0 Å². The van der Waals surface area contributed by atoms with E-state index in [9.17, 15) is 24.0 Å². The lowest BCUT2D eigenvalue weighted by atomic mass is 9.96. The highest BCUT2D eigenvalue weighted by atomic mass is 16.6. The van der Waals surface area contributed by atoms with Gasteiger partial charge in [0, 0.05) is 27.2 Å². The van der Waals surface area contributed by atoms with Gasteiger partial charge in [-0.3, -0.25) is 19.2 Å². The van der Waals surface area contributed by atoms with Crippen molar-refractivity contribution < 1.29 is 52.4 Å². The molecular formula is C43H72O11. The molecule has 3 aliphatic rings. The molecule has 11 heteroatoms. The van der Waals surface area contributed by atoms with Crippen LogP contribution in [0.15, 0.2) is 0 Å². The molecule has 0 aromatic heterocycles. The second-order valence-electron chi connectivity index (χ2n) is 16.2. The average molecular weight is 765 g/mol. The van der Waals surface area contributed by atoms with Gasteiger partial charge in [-0.25, -0.2) is 0 Å². The van der Waals surface area contributed by atoms with Crippen molar-refractivity contribution in [2.45, 2.75) is 238 Å². The Kier molecular flexibility index (Phi) is 21.7. The van der Waals surface area contributed by atoms with Gasteiger partial charge in [0.25, 0.3) is 0 Å². The predicted octanol–water partition coefficient (Wildman–Crippen LogP) is 8.83. The third-order valence-electron chi connectivity index (χ3n) is 11.2. The van der Waals surface area contributed by atoms with Gasteiger partial charge in [-0.15, -0.1) is 0 Å². The average Bonchev–Trinajstić information content (AvgIpc) is 3.86. The fraction of sp³-hybridized carbons (Fsp3) is 0.884. The molecule has 0 saturated carbocycles. The lowest BCUT2D eigenvalue weighted by molar-refractivity contribution is -0.167. The number of ketones is 1. The molecule has 0 radical (unpaired) electrons. The van der Waals surface area contributed by atoms with E-state index in [2.05, 4.69) is 6.92 Å². The van der Waals surface area contributed by atoms with Crippen molar-refractivity contribution >= 4 is 29.7 Å². The lowest BCUT2D eigenvalue weighted by Crippen LogP contribution is -2.37. The largest absolute Gasteiger partial charge is 0.462 e. The van der Waals surface area contributed by atoms with E-state index in [1.54, 1.807) is 0 Å². The summed E-state index contributed by atoms with van der Waals surface area (Å²) in [6.45, 7) is 7.99. The Labute approximate surface area is 325 Å². The van der Waals surface area contributed by atoms with Crippen molar-refractivity contribution in [3.8, 4) is 0 Å². The minimum atomic E-state index is -0.519. The van der Waals surface area contributed by atoms with E-state index < -0.39 is 18.2 Å². The Morgan fingerprint density at radius 2 is 1.02 bits per heavy atom. The van der Waals surface area contributed by atoms with Crippen LogP contribution >= 0.6 is 0 Å².